The fraction of sp³-hybridized carbons (Fsp3) is 0.438. The van der Waals surface area contributed by atoms with Crippen molar-refractivity contribution in [1.29, 1.82) is 0 Å². The van der Waals surface area contributed by atoms with Crippen LogP contribution in [0.3, 0.4) is 0 Å². The zero-order valence-electron chi connectivity index (χ0n) is 11.6. The molecule has 1 aliphatic carbocycles. The van der Waals surface area contributed by atoms with Gasteiger partial charge in [-0.2, -0.15) is 0 Å². The molecular weight excluding hydrogens is 234 g/mol. The van der Waals surface area contributed by atoms with E-state index in [1.807, 2.05) is 12.4 Å². The summed E-state index contributed by atoms with van der Waals surface area (Å²) < 4.78 is 0. The second kappa shape index (κ2) is 5.17. The van der Waals surface area contributed by atoms with Crippen LogP contribution in [-0.2, 0) is 0 Å². The van der Waals surface area contributed by atoms with Crippen LogP contribution >= 0.6 is 0 Å². The molecule has 0 saturated heterocycles. The first kappa shape index (κ1) is 12.4. The minimum atomic E-state index is 0.305. The summed E-state index contributed by atoms with van der Waals surface area (Å²) in [5.41, 5.74) is 2.82. The fourth-order valence-corrected chi connectivity index (χ4v) is 2.81. The van der Waals surface area contributed by atoms with Crippen LogP contribution in [0.15, 0.2) is 36.7 Å². The zero-order chi connectivity index (χ0) is 13.2. The molecular formula is C16H21N3. The average Bonchev–Trinajstić information content (AvgIpc) is 2.88. The first-order chi connectivity index (χ1) is 9.22. The van der Waals surface area contributed by atoms with E-state index in [1.165, 1.54) is 24.0 Å². The van der Waals surface area contributed by atoms with Crippen molar-refractivity contribution < 1.29 is 0 Å². The maximum Gasteiger partial charge on any atom is 0.122 e. The van der Waals surface area contributed by atoms with Crippen LogP contribution in [0.25, 0.3) is 0 Å². The van der Waals surface area contributed by atoms with Gasteiger partial charge in [0.1, 0.15) is 5.82 Å². The number of nitrogens with zero attached hydrogens (tertiary/aromatic N) is 1. The van der Waals surface area contributed by atoms with Gasteiger partial charge in [0.15, 0.2) is 0 Å². The molecule has 3 heteroatoms. The number of H-pyrrole nitrogens is 1. The number of aromatic nitrogens is 2. The van der Waals surface area contributed by atoms with Gasteiger partial charge in [-0.25, -0.2) is 4.98 Å². The largest absolute Gasteiger partial charge is 0.347 e. The Balaban J connectivity index is 1.51. The van der Waals surface area contributed by atoms with Crippen LogP contribution in [0.1, 0.15) is 48.7 Å². The molecule has 1 atom stereocenters. The zero-order valence-corrected chi connectivity index (χ0v) is 11.6. The maximum atomic E-state index is 4.30. The van der Waals surface area contributed by atoms with Crippen LogP contribution in [0, 0.1) is 6.92 Å². The van der Waals surface area contributed by atoms with Crippen molar-refractivity contribution in [1.82, 2.24) is 15.3 Å². The SMILES string of the molecule is Cc1ccc(C2CC(NC(C)c3ncc[nH]3)C2)cc1. The van der Waals surface area contributed by atoms with Gasteiger partial charge in [-0.3, -0.25) is 0 Å². The number of rotatable bonds is 4. The molecule has 1 saturated carbocycles. The molecule has 1 aromatic carbocycles. The van der Waals surface area contributed by atoms with Gasteiger partial charge in [-0.1, -0.05) is 29.8 Å². The predicted octanol–water partition coefficient (Wildman–Crippen LogP) is 3.31. The number of aryl methyl sites for hydroxylation is 1. The molecule has 19 heavy (non-hydrogen) atoms. The third-order valence-corrected chi connectivity index (χ3v) is 4.10. The van der Waals surface area contributed by atoms with Gasteiger partial charge in [0, 0.05) is 18.4 Å². The molecule has 0 amide bonds. The molecule has 1 unspecified atom stereocenters. The summed E-state index contributed by atoms with van der Waals surface area (Å²) in [6.45, 7) is 4.30. The Morgan fingerprint density at radius 2 is 2.00 bits per heavy atom. The molecule has 3 nitrogen and oxygen atoms in total. The lowest BCUT2D eigenvalue weighted by Gasteiger charge is -2.38. The Kier molecular flexibility index (Phi) is 3.38. The van der Waals surface area contributed by atoms with E-state index in [9.17, 15) is 0 Å². The molecule has 1 aliphatic rings. The van der Waals surface area contributed by atoms with E-state index >= 15 is 0 Å². The summed E-state index contributed by atoms with van der Waals surface area (Å²) in [6.07, 6.45) is 6.15. The molecule has 0 radical (unpaired) electrons. The lowest BCUT2D eigenvalue weighted by molar-refractivity contribution is 0.268. The Morgan fingerprint density at radius 1 is 1.26 bits per heavy atom. The van der Waals surface area contributed by atoms with Crippen LogP contribution in [-0.4, -0.2) is 16.0 Å². The number of hydrogen-bond donors (Lipinski definition) is 2. The average molecular weight is 255 g/mol. The van der Waals surface area contributed by atoms with Crippen molar-refractivity contribution in [3.8, 4) is 0 Å². The molecule has 1 heterocycles. The summed E-state index contributed by atoms with van der Waals surface area (Å²) in [5.74, 6) is 1.75. The molecule has 3 rings (SSSR count). The topological polar surface area (TPSA) is 40.7 Å². The van der Waals surface area contributed by atoms with Gasteiger partial charge in [0.05, 0.1) is 6.04 Å². The van der Waals surface area contributed by atoms with Crippen LogP contribution in [0.4, 0.5) is 0 Å². The third-order valence-electron chi connectivity index (χ3n) is 4.10. The summed E-state index contributed by atoms with van der Waals surface area (Å²) in [4.78, 5) is 7.46. The first-order valence-electron chi connectivity index (χ1n) is 7.04. The highest BCUT2D eigenvalue weighted by Crippen LogP contribution is 2.37. The first-order valence-corrected chi connectivity index (χ1v) is 7.04. The molecule has 100 valence electrons. The van der Waals surface area contributed by atoms with Gasteiger partial charge in [0.25, 0.3) is 0 Å². The van der Waals surface area contributed by atoms with E-state index in [4.69, 9.17) is 0 Å². The standard InChI is InChI=1S/C16H21N3/c1-11-3-5-13(6-4-11)14-9-15(10-14)19-12(2)16-17-7-8-18-16/h3-8,12,14-15,19H,9-10H2,1-2H3,(H,17,18). The number of imidazole rings is 1. The highest BCUT2D eigenvalue weighted by molar-refractivity contribution is 5.26. The minimum Gasteiger partial charge on any atom is -0.347 e. The predicted molar refractivity (Wildman–Crippen MR) is 77.1 cm³/mol. The van der Waals surface area contributed by atoms with Crippen molar-refractivity contribution in [3.63, 3.8) is 0 Å². The summed E-state index contributed by atoms with van der Waals surface area (Å²) in [5, 5.41) is 3.64. The fourth-order valence-electron chi connectivity index (χ4n) is 2.81. The summed E-state index contributed by atoms with van der Waals surface area (Å²) in [7, 11) is 0. The number of aromatic amines is 1. The van der Waals surface area contributed by atoms with Crippen molar-refractivity contribution in [2.75, 3.05) is 0 Å². The number of hydrogen-bond acceptors (Lipinski definition) is 2. The monoisotopic (exact) mass is 255 g/mol. The van der Waals surface area contributed by atoms with Crippen molar-refractivity contribution in [2.45, 2.75) is 44.7 Å². The maximum absolute atomic E-state index is 4.30. The Bertz CT molecular complexity index is 509. The second-order valence-corrected chi connectivity index (χ2v) is 5.64. The van der Waals surface area contributed by atoms with Crippen LogP contribution in [0.5, 0.6) is 0 Å². The van der Waals surface area contributed by atoms with E-state index in [-0.39, 0.29) is 0 Å². The summed E-state index contributed by atoms with van der Waals surface area (Å²) >= 11 is 0. The number of nitrogens with one attached hydrogen (secondary N) is 2. The van der Waals surface area contributed by atoms with E-state index in [1.54, 1.807) is 0 Å². The molecule has 0 aliphatic heterocycles. The molecule has 1 aromatic heterocycles. The molecule has 1 fully saturated rings. The quantitative estimate of drug-likeness (QED) is 0.880. The smallest absolute Gasteiger partial charge is 0.122 e. The number of benzene rings is 1. The van der Waals surface area contributed by atoms with Crippen molar-refractivity contribution >= 4 is 0 Å². The van der Waals surface area contributed by atoms with Gasteiger partial charge in [-0.05, 0) is 38.2 Å². The Morgan fingerprint density at radius 3 is 2.63 bits per heavy atom. The highest BCUT2D eigenvalue weighted by atomic mass is 15.0. The minimum absolute atomic E-state index is 0.305. The van der Waals surface area contributed by atoms with Crippen molar-refractivity contribution in [2.24, 2.45) is 0 Å². The van der Waals surface area contributed by atoms with Gasteiger partial charge < -0.3 is 10.3 Å². The van der Waals surface area contributed by atoms with Gasteiger partial charge >= 0.3 is 0 Å². The molecule has 2 aromatic rings. The van der Waals surface area contributed by atoms with E-state index in [0.29, 0.717) is 12.1 Å². The molecule has 0 bridgehead atoms. The third kappa shape index (κ3) is 2.71. The Hall–Kier alpha value is -1.61. The summed E-state index contributed by atoms with van der Waals surface area (Å²) in [6, 6.07) is 9.88. The lowest BCUT2D eigenvalue weighted by Crippen LogP contribution is -2.41. The second-order valence-electron chi connectivity index (χ2n) is 5.64. The van der Waals surface area contributed by atoms with Crippen molar-refractivity contribution in [3.05, 3.63) is 53.6 Å². The van der Waals surface area contributed by atoms with E-state index < -0.39 is 0 Å². The van der Waals surface area contributed by atoms with Gasteiger partial charge in [-0.15, -0.1) is 0 Å². The lowest BCUT2D eigenvalue weighted by atomic mass is 9.75. The molecule has 0 spiro atoms. The van der Waals surface area contributed by atoms with Crippen LogP contribution < -0.4 is 5.32 Å². The van der Waals surface area contributed by atoms with Crippen LogP contribution in [0.2, 0.25) is 0 Å². The van der Waals surface area contributed by atoms with E-state index in [0.717, 1.165) is 11.7 Å². The highest BCUT2D eigenvalue weighted by Gasteiger charge is 2.31. The van der Waals surface area contributed by atoms with E-state index in [2.05, 4.69) is 53.4 Å². The normalized spacial score (nSPS) is 23.9. The van der Waals surface area contributed by atoms with Gasteiger partial charge in [0.2, 0.25) is 0 Å². The molecule has 2 N–H and O–H groups in total. The Labute approximate surface area is 114 Å².